The van der Waals surface area contributed by atoms with Crippen LogP contribution in [0.4, 0.5) is 10.1 Å². The largest absolute Gasteiger partial charge is 0.367 e. The van der Waals surface area contributed by atoms with Gasteiger partial charge in [-0.15, -0.1) is 0 Å². The molecule has 1 N–H and O–H groups in total. The Morgan fingerprint density at radius 1 is 0.964 bits per heavy atom. The first kappa shape index (κ1) is 18.6. The molecule has 0 radical (unpaired) electrons. The van der Waals surface area contributed by atoms with Crippen molar-refractivity contribution < 1.29 is 4.39 Å². The van der Waals surface area contributed by atoms with E-state index >= 15 is 0 Å². The Balaban J connectivity index is 1.37. The van der Waals surface area contributed by atoms with Gasteiger partial charge in [0.15, 0.2) is 0 Å². The lowest BCUT2D eigenvalue weighted by Gasteiger charge is -2.36. The fourth-order valence-electron chi connectivity index (χ4n) is 3.32. The van der Waals surface area contributed by atoms with Gasteiger partial charge in [0.1, 0.15) is 11.6 Å². The van der Waals surface area contributed by atoms with Gasteiger partial charge in [-0.2, -0.15) is 4.98 Å². The maximum absolute atomic E-state index is 14.0. The zero-order valence-corrected chi connectivity index (χ0v) is 16.3. The summed E-state index contributed by atoms with van der Waals surface area (Å²) in [6.45, 7) is 3.89. The summed E-state index contributed by atoms with van der Waals surface area (Å²) in [6, 6.07) is 17.0. The Kier molecular flexibility index (Phi) is 5.64. The van der Waals surface area contributed by atoms with Gasteiger partial charge in [-0.3, -0.25) is 10.00 Å². The lowest BCUT2D eigenvalue weighted by atomic mass is 10.2. The number of benzene rings is 2. The van der Waals surface area contributed by atoms with Gasteiger partial charge >= 0.3 is 0 Å². The van der Waals surface area contributed by atoms with Crippen molar-refractivity contribution in [2.45, 2.75) is 6.67 Å². The molecule has 2 aromatic carbocycles. The molecule has 7 heteroatoms. The second-order valence-corrected chi connectivity index (χ2v) is 7.13. The van der Waals surface area contributed by atoms with Crippen LogP contribution in [0.1, 0.15) is 11.4 Å². The molecule has 2 heterocycles. The number of para-hydroxylation sites is 1. The zero-order valence-electron chi connectivity index (χ0n) is 15.5. The lowest BCUT2D eigenvalue weighted by Crippen LogP contribution is -2.47. The second kappa shape index (κ2) is 8.50. The van der Waals surface area contributed by atoms with Gasteiger partial charge in [0.05, 0.1) is 12.4 Å². The normalized spacial score (nSPS) is 15.4. The predicted octanol–water partition coefficient (Wildman–Crippen LogP) is 4.03. The smallest absolute Gasteiger partial charge is 0.217 e. The van der Waals surface area contributed by atoms with Crippen LogP contribution in [0.5, 0.6) is 0 Å². The van der Waals surface area contributed by atoms with Crippen molar-refractivity contribution in [2.75, 3.05) is 31.1 Å². The topological polar surface area (TPSA) is 40.1 Å². The number of aromatic nitrogens is 3. The number of nitrogens with one attached hydrogen (secondary N) is 1. The number of anilines is 1. The van der Waals surface area contributed by atoms with E-state index in [-0.39, 0.29) is 5.82 Å². The molecule has 0 spiro atoms. The van der Waals surface area contributed by atoms with E-state index in [0.717, 1.165) is 37.6 Å². The van der Waals surface area contributed by atoms with Crippen molar-refractivity contribution in [3.63, 3.8) is 0 Å². The first-order chi connectivity index (χ1) is 13.7. The molecule has 0 amide bonds. The van der Waals surface area contributed by atoms with Crippen molar-refractivity contribution in [2.24, 2.45) is 0 Å². The molecule has 0 saturated carbocycles. The highest BCUT2D eigenvalue weighted by Gasteiger charge is 2.19. The number of piperazine rings is 1. The molecular formula is C21H22FN5S. The maximum Gasteiger partial charge on any atom is 0.217 e. The number of hydrogen-bond donors (Lipinski definition) is 1. The number of aromatic amines is 1. The summed E-state index contributed by atoms with van der Waals surface area (Å²) < 4.78 is 16.4. The summed E-state index contributed by atoms with van der Waals surface area (Å²) in [4.78, 5) is 8.79. The van der Waals surface area contributed by atoms with Crippen LogP contribution in [0, 0.1) is 10.6 Å². The van der Waals surface area contributed by atoms with Crippen LogP contribution in [0.15, 0.2) is 54.6 Å². The standard InChI is InChI=1S/C21H22FN5S/c22-18-8-4-5-9-19(18)26-14-12-25(13-15-26)16-27-21(28)23-20(24-27)11-10-17-6-2-1-3-7-17/h1-11H,12-16H2,(H,23,24,28)/b11-10+. The van der Waals surface area contributed by atoms with Crippen molar-refractivity contribution >= 4 is 30.1 Å². The van der Waals surface area contributed by atoms with E-state index in [9.17, 15) is 4.39 Å². The molecule has 1 aliphatic heterocycles. The van der Waals surface area contributed by atoms with E-state index in [1.54, 1.807) is 6.07 Å². The molecule has 1 aliphatic rings. The van der Waals surface area contributed by atoms with Crippen molar-refractivity contribution in [1.82, 2.24) is 19.7 Å². The van der Waals surface area contributed by atoms with Gasteiger partial charge in [0.2, 0.25) is 4.77 Å². The number of nitrogens with zero attached hydrogens (tertiary/aromatic N) is 4. The van der Waals surface area contributed by atoms with Crippen LogP contribution in [0.3, 0.4) is 0 Å². The van der Waals surface area contributed by atoms with E-state index in [1.165, 1.54) is 6.07 Å². The summed E-state index contributed by atoms with van der Waals surface area (Å²) in [5.41, 5.74) is 1.79. The minimum Gasteiger partial charge on any atom is -0.367 e. The lowest BCUT2D eigenvalue weighted by molar-refractivity contribution is 0.194. The molecule has 3 aromatic rings. The molecular weight excluding hydrogens is 373 g/mol. The third kappa shape index (κ3) is 4.37. The van der Waals surface area contributed by atoms with Gasteiger partial charge in [0.25, 0.3) is 0 Å². The summed E-state index contributed by atoms with van der Waals surface area (Å²) in [5, 5.41) is 3.25. The average Bonchev–Trinajstić information content (AvgIpc) is 3.08. The molecule has 0 unspecified atom stereocenters. The number of H-pyrrole nitrogens is 1. The summed E-state index contributed by atoms with van der Waals surface area (Å²) in [7, 11) is 0. The van der Waals surface area contributed by atoms with Crippen molar-refractivity contribution in [3.05, 3.63) is 76.6 Å². The fourth-order valence-corrected chi connectivity index (χ4v) is 3.52. The monoisotopic (exact) mass is 395 g/mol. The molecule has 1 fully saturated rings. The van der Waals surface area contributed by atoms with Gasteiger partial charge in [-0.1, -0.05) is 48.5 Å². The third-order valence-electron chi connectivity index (χ3n) is 4.84. The van der Waals surface area contributed by atoms with Crippen LogP contribution >= 0.6 is 12.2 Å². The maximum atomic E-state index is 14.0. The Labute approximate surface area is 168 Å². The molecule has 28 heavy (non-hydrogen) atoms. The summed E-state index contributed by atoms with van der Waals surface area (Å²) >= 11 is 5.39. The van der Waals surface area contributed by atoms with Crippen LogP contribution < -0.4 is 4.90 Å². The Hall–Kier alpha value is -2.77. The predicted molar refractivity (Wildman–Crippen MR) is 113 cm³/mol. The molecule has 0 aliphatic carbocycles. The Morgan fingerprint density at radius 2 is 1.68 bits per heavy atom. The van der Waals surface area contributed by atoms with E-state index < -0.39 is 0 Å². The molecule has 1 saturated heterocycles. The third-order valence-corrected chi connectivity index (χ3v) is 5.15. The van der Waals surface area contributed by atoms with Crippen LogP contribution in [-0.4, -0.2) is 45.8 Å². The SMILES string of the molecule is Fc1ccccc1N1CCN(Cn2[nH]c(/C=C/c3ccccc3)nc2=S)CC1. The molecule has 0 bridgehead atoms. The Bertz CT molecular complexity index is 1000. The van der Waals surface area contributed by atoms with Crippen molar-refractivity contribution in [3.8, 4) is 0 Å². The van der Waals surface area contributed by atoms with E-state index in [1.807, 2.05) is 59.3 Å². The highest BCUT2D eigenvalue weighted by molar-refractivity contribution is 7.71. The molecule has 0 atom stereocenters. The fraction of sp³-hybridized carbons (Fsp3) is 0.238. The van der Waals surface area contributed by atoms with Gasteiger partial charge < -0.3 is 4.90 Å². The van der Waals surface area contributed by atoms with Crippen LogP contribution in [-0.2, 0) is 6.67 Å². The van der Waals surface area contributed by atoms with Crippen LogP contribution in [0.2, 0.25) is 0 Å². The first-order valence-electron chi connectivity index (χ1n) is 9.31. The van der Waals surface area contributed by atoms with E-state index in [0.29, 0.717) is 17.1 Å². The first-order valence-corrected chi connectivity index (χ1v) is 9.72. The molecule has 144 valence electrons. The van der Waals surface area contributed by atoms with Crippen molar-refractivity contribution in [1.29, 1.82) is 0 Å². The minimum atomic E-state index is -0.165. The highest BCUT2D eigenvalue weighted by atomic mass is 32.1. The number of halogens is 1. The summed E-state index contributed by atoms with van der Waals surface area (Å²) in [5.74, 6) is 0.570. The zero-order chi connectivity index (χ0) is 19.3. The molecule has 1 aromatic heterocycles. The second-order valence-electron chi connectivity index (χ2n) is 6.76. The van der Waals surface area contributed by atoms with E-state index in [2.05, 4.69) is 19.9 Å². The number of rotatable bonds is 5. The Morgan fingerprint density at radius 3 is 2.43 bits per heavy atom. The molecule has 4 rings (SSSR count). The average molecular weight is 396 g/mol. The van der Waals surface area contributed by atoms with Gasteiger partial charge in [-0.05, 0) is 36.0 Å². The highest BCUT2D eigenvalue weighted by Crippen LogP contribution is 2.20. The van der Waals surface area contributed by atoms with Gasteiger partial charge in [0, 0.05) is 26.2 Å². The van der Waals surface area contributed by atoms with Crippen LogP contribution in [0.25, 0.3) is 12.2 Å². The summed E-state index contributed by atoms with van der Waals surface area (Å²) in [6.07, 6.45) is 3.93. The molecule has 5 nitrogen and oxygen atoms in total. The minimum absolute atomic E-state index is 0.165. The quantitative estimate of drug-likeness (QED) is 0.662. The number of hydrogen-bond acceptors (Lipinski definition) is 4. The van der Waals surface area contributed by atoms with E-state index in [4.69, 9.17) is 12.2 Å². The van der Waals surface area contributed by atoms with Gasteiger partial charge in [-0.25, -0.2) is 9.07 Å².